The molecule has 0 radical (unpaired) electrons. The summed E-state index contributed by atoms with van der Waals surface area (Å²) in [4.78, 5) is 39.3. The molecular weight excluding hydrogens is 398 g/mol. The van der Waals surface area contributed by atoms with Crippen molar-refractivity contribution >= 4 is 11.7 Å². The Bertz CT molecular complexity index is 1070. The number of nitrogens with zero attached hydrogens (tertiary/aromatic N) is 5. The van der Waals surface area contributed by atoms with Crippen LogP contribution in [-0.4, -0.2) is 51.3 Å². The van der Waals surface area contributed by atoms with Gasteiger partial charge in [0.2, 0.25) is 5.82 Å². The Morgan fingerprint density at radius 1 is 1.07 bits per heavy atom. The Hall–Kier alpha value is -3.18. The highest BCUT2D eigenvalue weighted by Gasteiger charge is 2.37. The number of aryl methyl sites for hydroxylation is 1. The highest BCUT2D eigenvalue weighted by molar-refractivity contribution is 5.96. The molecule has 0 atom stereocenters. The molecule has 1 aromatic heterocycles. The van der Waals surface area contributed by atoms with Gasteiger partial charge in [-0.05, 0) is 18.2 Å². The van der Waals surface area contributed by atoms with Crippen molar-refractivity contribution in [2.45, 2.75) is 6.18 Å². The Labute approximate surface area is 161 Å². The predicted molar refractivity (Wildman–Crippen MR) is 94.2 cm³/mol. The van der Waals surface area contributed by atoms with Gasteiger partial charge in [0, 0.05) is 40.3 Å². The molecule has 8 nitrogen and oxygen atoms in total. The molecule has 1 fully saturated rings. The molecule has 0 aliphatic carbocycles. The number of hydrogen-bond donors (Lipinski definition) is 0. The number of alkyl halides is 3. The highest BCUT2D eigenvalue weighted by atomic mass is 19.4. The molecular formula is C17H17F4N5O3. The molecule has 1 amide bonds. The summed E-state index contributed by atoms with van der Waals surface area (Å²) in [5, 5.41) is 3.94. The molecule has 2 heterocycles. The summed E-state index contributed by atoms with van der Waals surface area (Å²) >= 11 is 0. The van der Waals surface area contributed by atoms with Gasteiger partial charge in [0.1, 0.15) is 5.82 Å². The molecule has 1 aliphatic heterocycles. The van der Waals surface area contributed by atoms with Gasteiger partial charge in [-0.25, -0.2) is 13.9 Å². The van der Waals surface area contributed by atoms with Crippen LogP contribution in [0.5, 0.6) is 0 Å². The molecule has 1 aliphatic rings. The van der Waals surface area contributed by atoms with E-state index in [0.29, 0.717) is 18.2 Å². The number of piperazine rings is 1. The van der Waals surface area contributed by atoms with Crippen LogP contribution in [0.15, 0.2) is 27.8 Å². The van der Waals surface area contributed by atoms with Gasteiger partial charge in [-0.1, -0.05) is 0 Å². The number of carbonyl (C=O) groups is 1. The first-order valence-corrected chi connectivity index (χ1v) is 8.56. The zero-order chi connectivity index (χ0) is 21.5. The largest absolute Gasteiger partial charge is 0.417 e. The first-order valence-electron chi connectivity index (χ1n) is 8.56. The minimum absolute atomic E-state index is 0.000316. The second kappa shape index (κ2) is 7.33. The van der Waals surface area contributed by atoms with Gasteiger partial charge >= 0.3 is 11.9 Å². The number of benzene rings is 1. The molecule has 0 saturated carbocycles. The monoisotopic (exact) mass is 415 g/mol. The number of carbonyl (C=O) groups excluding carboxylic acids is 1. The van der Waals surface area contributed by atoms with E-state index in [0.717, 1.165) is 14.1 Å². The number of rotatable bonds is 2. The van der Waals surface area contributed by atoms with E-state index in [4.69, 9.17) is 0 Å². The van der Waals surface area contributed by atoms with Gasteiger partial charge in [-0.2, -0.15) is 13.2 Å². The molecule has 29 heavy (non-hydrogen) atoms. The third-order valence-corrected chi connectivity index (χ3v) is 4.69. The predicted octanol–water partition coefficient (Wildman–Crippen LogP) is 0.599. The molecule has 1 aromatic carbocycles. The van der Waals surface area contributed by atoms with Gasteiger partial charge < -0.3 is 9.80 Å². The molecule has 0 bridgehead atoms. The number of aromatic nitrogens is 3. The lowest BCUT2D eigenvalue weighted by molar-refractivity contribution is -0.138. The lowest BCUT2D eigenvalue weighted by Crippen LogP contribution is -2.52. The number of amides is 1. The standard InChI is InChI=1S/C17H17F4N5O3/c1-23-15(28)13(22-24(2)16(23)29)25-5-7-26(8-6-25)14(27)11-9-10(18)3-4-12(11)17(19,20)21/h3-4,9H,5-8H2,1-2H3. The normalized spacial score (nSPS) is 15.0. The summed E-state index contributed by atoms with van der Waals surface area (Å²) < 4.78 is 54.9. The topological polar surface area (TPSA) is 80.4 Å². The number of hydrogen-bond acceptors (Lipinski definition) is 5. The van der Waals surface area contributed by atoms with E-state index >= 15 is 0 Å². The second-order valence-corrected chi connectivity index (χ2v) is 6.56. The van der Waals surface area contributed by atoms with Crippen molar-refractivity contribution < 1.29 is 22.4 Å². The summed E-state index contributed by atoms with van der Waals surface area (Å²) in [6.07, 6.45) is -4.80. The van der Waals surface area contributed by atoms with Gasteiger partial charge in [-0.3, -0.25) is 14.2 Å². The second-order valence-electron chi connectivity index (χ2n) is 6.56. The van der Waals surface area contributed by atoms with Gasteiger partial charge in [0.05, 0.1) is 11.1 Å². The first-order chi connectivity index (χ1) is 13.5. The minimum atomic E-state index is -4.80. The van der Waals surface area contributed by atoms with Crippen molar-refractivity contribution in [2.24, 2.45) is 14.1 Å². The highest BCUT2D eigenvalue weighted by Crippen LogP contribution is 2.33. The zero-order valence-electron chi connectivity index (χ0n) is 15.5. The molecule has 12 heteroatoms. The Morgan fingerprint density at radius 3 is 2.28 bits per heavy atom. The van der Waals surface area contributed by atoms with Crippen molar-refractivity contribution in [1.82, 2.24) is 19.2 Å². The third-order valence-electron chi connectivity index (χ3n) is 4.69. The van der Waals surface area contributed by atoms with Crippen LogP contribution in [0.25, 0.3) is 0 Å². The summed E-state index contributed by atoms with van der Waals surface area (Å²) in [6, 6.07) is 1.76. The minimum Gasteiger partial charge on any atom is -0.347 e. The van der Waals surface area contributed by atoms with E-state index < -0.39 is 40.3 Å². The summed E-state index contributed by atoms with van der Waals surface area (Å²) in [5.74, 6) is -1.89. The molecule has 0 spiro atoms. The molecule has 2 aromatic rings. The quantitative estimate of drug-likeness (QED) is 0.672. The van der Waals surface area contributed by atoms with Crippen molar-refractivity contribution in [3.63, 3.8) is 0 Å². The first kappa shape index (κ1) is 20.6. The Morgan fingerprint density at radius 2 is 1.69 bits per heavy atom. The molecule has 1 saturated heterocycles. The maximum atomic E-state index is 13.5. The van der Waals surface area contributed by atoms with E-state index in [9.17, 15) is 31.9 Å². The third kappa shape index (κ3) is 3.87. The smallest absolute Gasteiger partial charge is 0.347 e. The lowest BCUT2D eigenvalue weighted by Gasteiger charge is -2.35. The van der Waals surface area contributed by atoms with Crippen LogP contribution in [-0.2, 0) is 20.3 Å². The average molecular weight is 415 g/mol. The maximum absolute atomic E-state index is 13.5. The molecule has 156 valence electrons. The van der Waals surface area contributed by atoms with Crippen LogP contribution >= 0.6 is 0 Å². The lowest BCUT2D eigenvalue weighted by atomic mass is 10.0. The average Bonchev–Trinajstić information content (AvgIpc) is 2.67. The molecule has 0 unspecified atom stereocenters. The van der Waals surface area contributed by atoms with E-state index in [1.807, 2.05) is 0 Å². The Balaban J connectivity index is 1.82. The van der Waals surface area contributed by atoms with Crippen LogP contribution < -0.4 is 16.1 Å². The zero-order valence-corrected chi connectivity index (χ0v) is 15.5. The van der Waals surface area contributed by atoms with Crippen LogP contribution in [0.1, 0.15) is 15.9 Å². The summed E-state index contributed by atoms with van der Waals surface area (Å²) in [5.41, 5.74) is -3.18. The Kier molecular flexibility index (Phi) is 5.20. The van der Waals surface area contributed by atoms with E-state index in [1.54, 1.807) is 4.90 Å². The number of anilines is 1. The molecule has 0 N–H and O–H groups in total. The summed E-state index contributed by atoms with van der Waals surface area (Å²) in [7, 11) is 2.69. The van der Waals surface area contributed by atoms with Crippen LogP contribution in [0.2, 0.25) is 0 Å². The van der Waals surface area contributed by atoms with Gasteiger partial charge in [0.25, 0.3) is 11.5 Å². The van der Waals surface area contributed by atoms with Crippen LogP contribution in [0, 0.1) is 5.82 Å². The van der Waals surface area contributed by atoms with E-state index in [2.05, 4.69) is 5.10 Å². The van der Waals surface area contributed by atoms with Crippen LogP contribution in [0.3, 0.4) is 0 Å². The van der Waals surface area contributed by atoms with Crippen molar-refractivity contribution in [1.29, 1.82) is 0 Å². The van der Waals surface area contributed by atoms with Crippen molar-refractivity contribution in [3.05, 3.63) is 56.0 Å². The van der Waals surface area contributed by atoms with Crippen molar-refractivity contribution in [3.8, 4) is 0 Å². The van der Waals surface area contributed by atoms with Crippen molar-refractivity contribution in [2.75, 3.05) is 31.1 Å². The fraction of sp³-hybridized carbons (Fsp3) is 0.412. The van der Waals surface area contributed by atoms with Crippen LogP contribution in [0.4, 0.5) is 23.4 Å². The fourth-order valence-electron chi connectivity index (χ4n) is 3.11. The van der Waals surface area contributed by atoms with Gasteiger partial charge in [-0.15, -0.1) is 5.10 Å². The maximum Gasteiger partial charge on any atom is 0.417 e. The summed E-state index contributed by atoms with van der Waals surface area (Å²) in [6.45, 7) is 0.229. The number of halogens is 4. The SMILES string of the molecule is Cn1nc(N2CCN(C(=O)c3cc(F)ccc3C(F)(F)F)CC2)c(=O)n(C)c1=O. The molecule has 3 rings (SSSR count). The fourth-order valence-corrected chi connectivity index (χ4v) is 3.11. The van der Waals surface area contributed by atoms with E-state index in [-0.39, 0.29) is 32.0 Å². The van der Waals surface area contributed by atoms with Gasteiger partial charge in [0.15, 0.2) is 0 Å². The van der Waals surface area contributed by atoms with E-state index in [1.165, 1.54) is 14.1 Å².